The highest BCUT2D eigenvalue weighted by atomic mass is 32.1. The van der Waals surface area contributed by atoms with Gasteiger partial charge in [0.15, 0.2) is 5.65 Å². The number of carbonyl (C=O) groups is 1. The van der Waals surface area contributed by atoms with E-state index in [2.05, 4.69) is 46.8 Å². The van der Waals surface area contributed by atoms with Gasteiger partial charge in [0.05, 0.1) is 5.69 Å². The van der Waals surface area contributed by atoms with Gasteiger partial charge in [-0.2, -0.15) is 4.98 Å². The Morgan fingerprint density at radius 2 is 2.03 bits per heavy atom. The van der Waals surface area contributed by atoms with Crippen LogP contribution in [-0.2, 0) is 17.8 Å². The minimum atomic E-state index is -0.402. The summed E-state index contributed by atoms with van der Waals surface area (Å²) in [7, 11) is 4.17. The monoisotopic (exact) mass is 542 g/mol. The summed E-state index contributed by atoms with van der Waals surface area (Å²) in [4.78, 5) is 36.4. The van der Waals surface area contributed by atoms with Crippen molar-refractivity contribution in [2.75, 3.05) is 26.0 Å². The normalized spacial score (nSPS) is 13.4. The molecule has 5 aromatic rings. The van der Waals surface area contributed by atoms with Gasteiger partial charge in [0.1, 0.15) is 11.1 Å². The first-order valence-electron chi connectivity index (χ1n) is 13.0. The molecule has 1 N–H and O–H groups in total. The van der Waals surface area contributed by atoms with Crippen molar-refractivity contribution in [3.8, 4) is 11.4 Å². The molecule has 3 aromatic heterocycles. The van der Waals surface area contributed by atoms with E-state index in [4.69, 9.17) is 9.72 Å². The van der Waals surface area contributed by atoms with E-state index >= 15 is 0 Å². The molecule has 0 atom stereocenters. The molecule has 3 heterocycles. The van der Waals surface area contributed by atoms with Crippen LogP contribution in [0, 0.1) is 5.92 Å². The van der Waals surface area contributed by atoms with Gasteiger partial charge >= 0.3 is 5.97 Å². The number of esters is 1. The topological polar surface area (TPSA) is 94.3 Å². The lowest BCUT2D eigenvalue weighted by Gasteiger charge is -2.13. The molecule has 0 aliphatic heterocycles. The van der Waals surface area contributed by atoms with Crippen molar-refractivity contribution in [2.24, 2.45) is 5.92 Å². The fourth-order valence-electron chi connectivity index (χ4n) is 4.73. The van der Waals surface area contributed by atoms with E-state index in [0.717, 1.165) is 31.5 Å². The van der Waals surface area contributed by atoms with Crippen LogP contribution in [-0.4, -0.2) is 50.8 Å². The first-order chi connectivity index (χ1) is 18.9. The SMILES string of the molecule is CC(=O)Oc1cccc(-n2c3nc(Nc4ccc5c(CCN(C)C)csc5c4)ncc3c(=O)n2CC2CC2)c1. The van der Waals surface area contributed by atoms with Crippen LogP contribution in [0.2, 0.25) is 0 Å². The first kappa shape index (κ1) is 25.3. The summed E-state index contributed by atoms with van der Waals surface area (Å²) in [5.41, 5.74) is 3.29. The van der Waals surface area contributed by atoms with E-state index in [0.29, 0.717) is 40.9 Å². The van der Waals surface area contributed by atoms with Gasteiger partial charge in [-0.25, -0.2) is 14.3 Å². The van der Waals surface area contributed by atoms with E-state index < -0.39 is 5.97 Å². The van der Waals surface area contributed by atoms with Crippen molar-refractivity contribution in [3.05, 3.63) is 70.0 Å². The molecule has 0 saturated heterocycles. The molecule has 1 aliphatic rings. The van der Waals surface area contributed by atoms with Gasteiger partial charge in [0.2, 0.25) is 5.95 Å². The Kier molecular flexibility index (Phi) is 6.66. The summed E-state index contributed by atoms with van der Waals surface area (Å²) in [6.45, 7) is 2.97. The molecule has 0 radical (unpaired) electrons. The van der Waals surface area contributed by atoms with Crippen molar-refractivity contribution in [2.45, 2.75) is 32.7 Å². The fraction of sp³-hybridized carbons (Fsp3) is 0.310. The van der Waals surface area contributed by atoms with Crippen molar-refractivity contribution in [3.63, 3.8) is 0 Å². The minimum Gasteiger partial charge on any atom is -0.427 e. The van der Waals surface area contributed by atoms with E-state index in [1.807, 2.05) is 16.8 Å². The first-order valence-corrected chi connectivity index (χ1v) is 13.9. The highest BCUT2D eigenvalue weighted by Crippen LogP contribution is 2.32. The molecular formula is C29H30N6O3S. The van der Waals surface area contributed by atoms with E-state index in [1.165, 1.54) is 22.6 Å². The molecule has 39 heavy (non-hydrogen) atoms. The van der Waals surface area contributed by atoms with Crippen molar-refractivity contribution in [1.82, 2.24) is 24.2 Å². The zero-order valence-corrected chi connectivity index (χ0v) is 23.0. The van der Waals surface area contributed by atoms with Crippen LogP contribution in [0.1, 0.15) is 25.3 Å². The molecule has 1 aliphatic carbocycles. The molecule has 200 valence electrons. The van der Waals surface area contributed by atoms with Gasteiger partial charge in [0, 0.05) is 42.7 Å². The Labute approximate surface area is 229 Å². The summed E-state index contributed by atoms with van der Waals surface area (Å²) in [5, 5.41) is 7.26. The minimum absolute atomic E-state index is 0.133. The molecule has 1 saturated carbocycles. The van der Waals surface area contributed by atoms with Crippen LogP contribution >= 0.6 is 11.3 Å². The second kappa shape index (κ2) is 10.3. The number of thiophene rings is 1. The zero-order chi connectivity index (χ0) is 27.1. The van der Waals surface area contributed by atoms with Gasteiger partial charge in [-0.05, 0) is 79.9 Å². The lowest BCUT2D eigenvalue weighted by atomic mass is 10.1. The van der Waals surface area contributed by atoms with Crippen LogP contribution in [0.5, 0.6) is 5.75 Å². The molecule has 9 nitrogen and oxygen atoms in total. The number of nitrogens with zero attached hydrogens (tertiary/aromatic N) is 5. The average Bonchev–Trinajstić information content (AvgIpc) is 3.57. The number of carbonyl (C=O) groups excluding carboxylic acids is 1. The maximum atomic E-state index is 13.4. The molecular weight excluding hydrogens is 512 g/mol. The second-order valence-electron chi connectivity index (χ2n) is 10.3. The van der Waals surface area contributed by atoms with Crippen LogP contribution in [0.25, 0.3) is 26.8 Å². The van der Waals surface area contributed by atoms with Crippen molar-refractivity contribution >= 4 is 50.1 Å². The quantitative estimate of drug-likeness (QED) is 0.207. The fourth-order valence-corrected chi connectivity index (χ4v) is 5.77. The summed E-state index contributed by atoms with van der Waals surface area (Å²) in [6.07, 6.45) is 4.80. The molecule has 2 aromatic carbocycles. The molecule has 6 rings (SSSR count). The highest BCUT2D eigenvalue weighted by Gasteiger charge is 2.26. The Hall–Kier alpha value is -4.02. The summed E-state index contributed by atoms with van der Waals surface area (Å²) < 4.78 is 10.0. The Morgan fingerprint density at radius 1 is 1.18 bits per heavy atom. The lowest BCUT2D eigenvalue weighted by molar-refractivity contribution is -0.131. The second-order valence-corrected chi connectivity index (χ2v) is 11.2. The number of ether oxygens (including phenoxy) is 1. The number of hydrogen-bond donors (Lipinski definition) is 1. The van der Waals surface area contributed by atoms with Gasteiger partial charge in [-0.3, -0.25) is 9.59 Å². The van der Waals surface area contributed by atoms with Gasteiger partial charge in [-0.1, -0.05) is 12.1 Å². The maximum Gasteiger partial charge on any atom is 0.308 e. The molecule has 0 amide bonds. The van der Waals surface area contributed by atoms with E-state index in [9.17, 15) is 9.59 Å². The maximum absolute atomic E-state index is 13.4. The van der Waals surface area contributed by atoms with Crippen LogP contribution < -0.4 is 15.6 Å². The number of likely N-dealkylation sites (N-methyl/N-ethyl adjacent to an activating group) is 1. The lowest BCUT2D eigenvalue weighted by Crippen LogP contribution is -2.23. The predicted octanol–water partition coefficient (Wildman–Crippen LogP) is 4.98. The van der Waals surface area contributed by atoms with E-state index in [1.54, 1.807) is 40.4 Å². The number of hydrogen-bond acceptors (Lipinski definition) is 8. The molecule has 1 fully saturated rings. The third-order valence-electron chi connectivity index (χ3n) is 6.87. The number of benzene rings is 2. The molecule has 0 bridgehead atoms. The summed E-state index contributed by atoms with van der Waals surface area (Å²) in [5.74, 6) is 0.878. The Bertz CT molecular complexity index is 1750. The molecule has 0 spiro atoms. The largest absolute Gasteiger partial charge is 0.427 e. The highest BCUT2D eigenvalue weighted by molar-refractivity contribution is 7.17. The number of aromatic nitrogens is 4. The number of fused-ring (bicyclic) bond motifs is 2. The average molecular weight is 543 g/mol. The summed E-state index contributed by atoms with van der Waals surface area (Å²) in [6, 6.07) is 13.4. The summed E-state index contributed by atoms with van der Waals surface area (Å²) >= 11 is 1.73. The molecule has 0 unspecified atom stereocenters. The molecule has 10 heteroatoms. The van der Waals surface area contributed by atoms with Gasteiger partial charge < -0.3 is 15.0 Å². The third kappa shape index (κ3) is 5.30. The van der Waals surface area contributed by atoms with Crippen LogP contribution in [0.3, 0.4) is 0 Å². The number of rotatable bonds is 9. The van der Waals surface area contributed by atoms with Crippen LogP contribution in [0.15, 0.2) is 58.8 Å². The van der Waals surface area contributed by atoms with Gasteiger partial charge in [-0.15, -0.1) is 11.3 Å². The predicted molar refractivity (Wildman–Crippen MR) is 155 cm³/mol. The number of nitrogens with one attached hydrogen (secondary N) is 1. The van der Waals surface area contributed by atoms with Crippen molar-refractivity contribution in [1.29, 1.82) is 0 Å². The van der Waals surface area contributed by atoms with E-state index in [-0.39, 0.29) is 5.56 Å². The standard InChI is InChI=1S/C29H30N6O3S/c1-18(36)38-23-6-4-5-22(14-23)35-27-25(28(37)34(35)16-19-7-8-19)15-30-29(32-27)31-21-9-10-24-20(11-12-33(2)3)17-39-26(24)13-21/h4-6,9-10,13-15,17,19H,7-8,11-12,16H2,1-3H3,(H,30,31,32). The van der Waals surface area contributed by atoms with Crippen molar-refractivity contribution < 1.29 is 9.53 Å². The Morgan fingerprint density at radius 3 is 2.79 bits per heavy atom. The number of anilines is 2. The van der Waals surface area contributed by atoms with Gasteiger partial charge in [0.25, 0.3) is 5.56 Å². The third-order valence-corrected chi connectivity index (χ3v) is 7.86. The zero-order valence-electron chi connectivity index (χ0n) is 22.2. The smallest absolute Gasteiger partial charge is 0.308 e. The van der Waals surface area contributed by atoms with Crippen LogP contribution in [0.4, 0.5) is 11.6 Å². The Balaban J connectivity index is 1.37.